The minimum Gasteiger partial charge on any atom is -0.465 e. The molecule has 2 rings (SSSR count). The maximum absolute atomic E-state index is 10.3. The minimum atomic E-state index is -1.04. The van der Waals surface area contributed by atoms with Crippen LogP contribution in [0.25, 0.3) is 0 Å². The Kier molecular flexibility index (Phi) is 6.13. The largest absolute Gasteiger partial charge is 0.465 e. The van der Waals surface area contributed by atoms with E-state index in [4.69, 9.17) is 10.8 Å². The zero-order valence-electron chi connectivity index (χ0n) is 10.6. The quantitative estimate of drug-likeness (QED) is 0.676. The third kappa shape index (κ3) is 6.65. The zero-order chi connectivity index (χ0) is 14.8. The fourth-order valence-corrected chi connectivity index (χ4v) is 1.31. The first-order valence-electron chi connectivity index (χ1n) is 5.74. The molecule has 104 valence electrons. The maximum atomic E-state index is 10.3. The Morgan fingerprint density at radius 1 is 0.800 bits per heavy atom. The van der Waals surface area contributed by atoms with E-state index >= 15 is 0 Å². The fraction of sp³-hybridized carbons (Fsp3) is 0. The van der Waals surface area contributed by atoms with E-state index < -0.39 is 12.1 Å². The molecule has 0 heterocycles. The summed E-state index contributed by atoms with van der Waals surface area (Å²) >= 11 is 0. The number of hydrogen-bond acceptors (Lipinski definition) is 2. The van der Waals surface area contributed by atoms with Crippen molar-refractivity contribution < 1.29 is 14.7 Å². The van der Waals surface area contributed by atoms with Gasteiger partial charge in [0.15, 0.2) is 0 Å². The van der Waals surface area contributed by atoms with Gasteiger partial charge in [0.25, 0.3) is 0 Å². The van der Waals surface area contributed by atoms with E-state index in [1.165, 1.54) is 0 Å². The summed E-state index contributed by atoms with van der Waals surface area (Å²) in [6.07, 6.45) is -1.04. The lowest BCUT2D eigenvalue weighted by Gasteiger charge is -1.97. The van der Waals surface area contributed by atoms with Crippen LogP contribution < -0.4 is 16.4 Å². The molecule has 0 aliphatic rings. The molecule has 0 radical (unpaired) electrons. The molecule has 0 saturated heterocycles. The number of hydrogen-bond donors (Lipinski definition) is 4. The van der Waals surface area contributed by atoms with Gasteiger partial charge in [0.2, 0.25) is 0 Å². The van der Waals surface area contributed by atoms with Crippen LogP contribution in [0.3, 0.4) is 0 Å². The average molecular weight is 273 g/mol. The van der Waals surface area contributed by atoms with Gasteiger partial charge >= 0.3 is 12.1 Å². The van der Waals surface area contributed by atoms with E-state index in [1.807, 2.05) is 24.3 Å². The summed E-state index contributed by atoms with van der Waals surface area (Å²) in [6.45, 7) is 0. The van der Waals surface area contributed by atoms with Gasteiger partial charge in [-0.15, -0.1) is 0 Å². The third-order valence-corrected chi connectivity index (χ3v) is 2.07. The molecular formula is C14H15N3O3. The molecule has 0 atom stereocenters. The molecular weight excluding hydrogens is 258 g/mol. The summed E-state index contributed by atoms with van der Waals surface area (Å²) in [5, 5.41) is 12.9. The molecule has 0 aliphatic heterocycles. The highest BCUT2D eigenvalue weighted by atomic mass is 16.4. The van der Waals surface area contributed by atoms with Crippen LogP contribution in [0.15, 0.2) is 60.7 Å². The van der Waals surface area contributed by atoms with Crippen LogP contribution in [-0.4, -0.2) is 17.2 Å². The van der Waals surface area contributed by atoms with Crippen molar-refractivity contribution in [3.8, 4) is 0 Å². The van der Waals surface area contributed by atoms with Crippen molar-refractivity contribution >= 4 is 23.5 Å². The fourth-order valence-electron chi connectivity index (χ4n) is 1.31. The van der Waals surface area contributed by atoms with E-state index in [0.29, 0.717) is 5.69 Å². The number of carbonyl (C=O) groups excluding carboxylic acids is 1. The smallest absolute Gasteiger partial charge is 0.409 e. The summed E-state index contributed by atoms with van der Waals surface area (Å²) < 4.78 is 0. The Labute approximate surface area is 116 Å². The van der Waals surface area contributed by atoms with Crippen molar-refractivity contribution in [3.63, 3.8) is 0 Å². The zero-order valence-corrected chi connectivity index (χ0v) is 10.6. The second kappa shape index (κ2) is 8.15. The number of para-hydroxylation sites is 2. The minimum absolute atomic E-state index is 0.536. The summed E-state index contributed by atoms with van der Waals surface area (Å²) in [5.41, 5.74) is 6.18. The Balaban J connectivity index is 0.000000200. The second-order valence-electron chi connectivity index (χ2n) is 3.65. The van der Waals surface area contributed by atoms with Gasteiger partial charge in [0, 0.05) is 11.4 Å². The first-order valence-corrected chi connectivity index (χ1v) is 5.74. The molecule has 0 bridgehead atoms. The highest BCUT2D eigenvalue weighted by Gasteiger charge is 1.93. The van der Waals surface area contributed by atoms with Crippen molar-refractivity contribution in [2.45, 2.75) is 0 Å². The Morgan fingerprint density at radius 2 is 1.20 bits per heavy atom. The molecule has 2 aromatic rings. The summed E-state index contributed by atoms with van der Waals surface area (Å²) in [5.74, 6) is 0. The second-order valence-corrected chi connectivity index (χ2v) is 3.65. The van der Waals surface area contributed by atoms with Crippen molar-refractivity contribution in [3.05, 3.63) is 60.7 Å². The molecule has 20 heavy (non-hydrogen) atoms. The van der Waals surface area contributed by atoms with Crippen molar-refractivity contribution in [1.29, 1.82) is 0 Å². The first-order chi connectivity index (χ1) is 9.58. The highest BCUT2D eigenvalue weighted by molar-refractivity contribution is 5.87. The summed E-state index contributed by atoms with van der Waals surface area (Å²) in [4.78, 5) is 20.3. The highest BCUT2D eigenvalue weighted by Crippen LogP contribution is 2.04. The Bertz CT molecular complexity index is 493. The van der Waals surface area contributed by atoms with Crippen LogP contribution in [0.1, 0.15) is 0 Å². The predicted octanol–water partition coefficient (Wildman–Crippen LogP) is 2.95. The molecule has 5 N–H and O–H groups in total. The van der Waals surface area contributed by atoms with E-state index in [1.54, 1.807) is 36.4 Å². The van der Waals surface area contributed by atoms with Crippen LogP contribution in [-0.2, 0) is 0 Å². The molecule has 3 amide bonds. The lowest BCUT2D eigenvalue weighted by molar-refractivity contribution is 0.209. The standard InChI is InChI=1S/C7H8N2O.C7H7NO2/c8-7(10)9-6-4-2-1-3-5-6;9-7(10)8-6-4-2-1-3-5-6/h1-5H,(H3,8,9,10);1-5,8H,(H,9,10). The molecule has 0 saturated carbocycles. The number of amides is 3. The summed E-state index contributed by atoms with van der Waals surface area (Å²) in [7, 11) is 0. The number of nitrogens with one attached hydrogen (secondary N) is 2. The van der Waals surface area contributed by atoms with Gasteiger partial charge in [0.05, 0.1) is 0 Å². The number of carbonyl (C=O) groups is 2. The van der Waals surface area contributed by atoms with Crippen molar-refractivity contribution in [2.24, 2.45) is 5.73 Å². The van der Waals surface area contributed by atoms with Crippen LogP contribution in [0.2, 0.25) is 0 Å². The Hall–Kier alpha value is -3.02. The average Bonchev–Trinajstić information content (AvgIpc) is 2.40. The van der Waals surface area contributed by atoms with Gasteiger partial charge in [0.1, 0.15) is 0 Å². The molecule has 0 aliphatic carbocycles. The SMILES string of the molecule is NC(=O)Nc1ccccc1.O=C(O)Nc1ccccc1. The molecule has 0 aromatic heterocycles. The number of nitrogens with two attached hydrogens (primary N) is 1. The molecule has 6 nitrogen and oxygen atoms in total. The Morgan fingerprint density at radius 3 is 1.55 bits per heavy atom. The monoisotopic (exact) mass is 273 g/mol. The van der Waals surface area contributed by atoms with Gasteiger partial charge in [-0.2, -0.15) is 0 Å². The van der Waals surface area contributed by atoms with Crippen LogP contribution in [0.5, 0.6) is 0 Å². The van der Waals surface area contributed by atoms with Gasteiger partial charge in [-0.3, -0.25) is 5.32 Å². The first kappa shape index (κ1) is 15.0. The van der Waals surface area contributed by atoms with Crippen LogP contribution in [0, 0.1) is 0 Å². The lowest BCUT2D eigenvalue weighted by atomic mass is 10.3. The molecule has 2 aromatic carbocycles. The maximum Gasteiger partial charge on any atom is 0.409 e. The molecule has 0 unspecified atom stereocenters. The number of benzene rings is 2. The number of carboxylic acid groups (broad SMARTS) is 1. The molecule has 0 fully saturated rings. The van der Waals surface area contributed by atoms with Gasteiger partial charge in [-0.05, 0) is 24.3 Å². The van der Waals surface area contributed by atoms with Crippen LogP contribution in [0.4, 0.5) is 21.0 Å². The van der Waals surface area contributed by atoms with Gasteiger partial charge < -0.3 is 16.2 Å². The van der Waals surface area contributed by atoms with Gasteiger partial charge in [-0.25, -0.2) is 9.59 Å². The molecule has 6 heteroatoms. The van der Waals surface area contributed by atoms with Crippen LogP contribution >= 0.6 is 0 Å². The van der Waals surface area contributed by atoms with E-state index in [9.17, 15) is 9.59 Å². The lowest BCUT2D eigenvalue weighted by Crippen LogP contribution is -2.18. The van der Waals surface area contributed by atoms with E-state index in [2.05, 4.69) is 10.6 Å². The number of rotatable bonds is 2. The summed E-state index contributed by atoms with van der Waals surface area (Å²) in [6, 6.07) is 17.3. The van der Waals surface area contributed by atoms with Gasteiger partial charge in [-0.1, -0.05) is 36.4 Å². The van der Waals surface area contributed by atoms with E-state index in [-0.39, 0.29) is 0 Å². The predicted molar refractivity (Wildman–Crippen MR) is 77.7 cm³/mol. The number of urea groups is 1. The normalized spacial score (nSPS) is 8.80. The van der Waals surface area contributed by atoms with Crippen molar-refractivity contribution in [1.82, 2.24) is 0 Å². The van der Waals surface area contributed by atoms with Crippen molar-refractivity contribution in [2.75, 3.05) is 10.6 Å². The third-order valence-electron chi connectivity index (χ3n) is 2.07. The molecule has 0 spiro atoms. The topological polar surface area (TPSA) is 104 Å². The number of anilines is 2. The van der Waals surface area contributed by atoms with E-state index in [0.717, 1.165) is 5.69 Å². The number of primary amides is 1.